The molecule has 0 heterocycles. The summed E-state index contributed by atoms with van der Waals surface area (Å²) in [5, 5.41) is 12.1. The molecule has 2 N–H and O–H groups in total. The third-order valence-corrected chi connectivity index (χ3v) is 4.33. The topological polar surface area (TPSA) is 66.4 Å². The minimum absolute atomic E-state index is 0.213. The molecule has 4 nitrogen and oxygen atoms in total. The Morgan fingerprint density at radius 2 is 1.64 bits per heavy atom. The highest BCUT2D eigenvalue weighted by molar-refractivity contribution is 5.85. The summed E-state index contributed by atoms with van der Waals surface area (Å²) < 4.78 is 0. The SMILES string of the molecule is Cc1ccc(C[C@H](NC(=O)[C@H](C)CCc2ccccc2)C(=O)O)cc1. The lowest BCUT2D eigenvalue weighted by atomic mass is 9.99. The number of carbonyl (C=O) groups excluding carboxylic acids is 1. The molecule has 132 valence electrons. The number of amides is 1. The molecule has 0 aliphatic heterocycles. The smallest absolute Gasteiger partial charge is 0.326 e. The molecule has 2 aromatic carbocycles. The van der Waals surface area contributed by atoms with E-state index in [0.29, 0.717) is 6.42 Å². The first-order valence-electron chi connectivity index (χ1n) is 8.58. The molecule has 1 amide bonds. The lowest BCUT2D eigenvalue weighted by Crippen LogP contribution is -2.44. The van der Waals surface area contributed by atoms with Gasteiger partial charge < -0.3 is 10.4 Å². The van der Waals surface area contributed by atoms with Crippen molar-refractivity contribution in [1.82, 2.24) is 5.32 Å². The number of rotatable bonds is 8. The number of carboxylic acids is 1. The van der Waals surface area contributed by atoms with Crippen LogP contribution in [0.4, 0.5) is 0 Å². The van der Waals surface area contributed by atoms with Crippen molar-refractivity contribution < 1.29 is 14.7 Å². The zero-order chi connectivity index (χ0) is 18.2. The van der Waals surface area contributed by atoms with E-state index in [1.807, 2.05) is 68.4 Å². The summed E-state index contributed by atoms with van der Waals surface area (Å²) in [5.74, 6) is -1.46. The molecule has 0 fully saturated rings. The number of carboxylic acid groups (broad SMARTS) is 1. The van der Waals surface area contributed by atoms with Crippen LogP contribution in [0.1, 0.15) is 30.0 Å². The fourth-order valence-corrected chi connectivity index (χ4v) is 2.63. The molecule has 0 unspecified atom stereocenters. The molecule has 2 atom stereocenters. The van der Waals surface area contributed by atoms with Crippen LogP contribution in [0.2, 0.25) is 0 Å². The Morgan fingerprint density at radius 3 is 2.24 bits per heavy atom. The summed E-state index contributed by atoms with van der Waals surface area (Å²) in [5.41, 5.74) is 3.20. The van der Waals surface area contributed by atoms with Gasteiger partial charge in [0.1, 0.15) is 6.04 Å². The van der Waals surface area contributed by atoms with Gasteiger partial charge in [0, 0.05) is 12.3 Å². The summed E-state index contributed by atoms with van der Waals surface area (Å²) in [6, 6.07) is 16.7. The van der Waals surface area contributed by atoms with Gasteiger partial charge in [0.25, 0.3) is 0 Å². The van der Waals surface area contributed by atoms with Gasteiger partial charge in [-0.3, -0.25) is 4.79 Å². The van der Waals surface area contributed by atoms with Gasteiger partial charge in [-0.15, -0.1) is 0 Å². The lowest BCUT2D eigenvalue weighted by molar-refractivity contribution is -0.142. The monoisotopic (exact) mass is 339 g/mol. The van der Waals surface area contributed by atoms with E-state index < -0.39 is 12.0 Å². The van der Waals surface area contributed by atoms with Crippen LogP contribution in [0, 0.1) is 12.8 Å². The number of carbonyl (C=O) groups is 2. The van der Waals surface area contributed by atoms with Gasteiger partial charge in [0.2, 0.25) is 5.91 Å². The second-order valence-electron chi connectivity index (χ2n) is 6.51. The molecule has 0 bridgehead atoms. The van der Waals surface area contributed by atoms with Gasteiger partial charge >= 0.3 is 5.97 Å². The zero-order valence-electron chi connectivity index (χ0n) is 14.7. The molecule has 0 saturated heterocycles. The van der Waals surface area contributed by atoms with E-state index in [-0.39, 0.29) is 18.2 Å². The van der Waals surface area contributed by atoms with Crippen molar-refractivity contribution in [3.63, 3.8) is 0 Å². The summed E-state index contributed by atoms with van der Waals surface area (Å²) in [6.07, 6.45) is 1.77. The van der Waals surface area contributed by atoms with Crippen LogP contribution >= 0.6 is 0 Å². The summed E-state index contributed by atoms with van der Waals surface area (Å²) >= 11 is 0. The first-order valence-corrected chi connectivity index (χ1v) is 8.58. The van der Waals surface area contributed by atoms with Gasteiger partial charge in [0.15, 0.2) is 0 Å². The van der Waals surface area contributed by atoms with Gasteiger partial charge in [-0.25, -0.2) is 4.79 Å². The van der Waals surface area contributed by atoms with E-state index in [0.717, 1.165) is 17.5 Å². The van der Waals surface area contributed by atoms with Crippen molar-refractivity contribution in [3.05, 3.63) is 71.3 Å². The number of nitrogens with one attached hydrogen (secondary N) is 1. The molecule has 0 aromatic heterocycles. The molecular formula is C21H25NO3. The average Bonchev–Trinajstić information content (AvgIpc) is 2.61. The molecular weight excluding hydrogens is 314 g/mol. The Bertz CT molecular complexity index is 695. The van der Waals surface area contributed by atoms with Gasteiger partial charge in [0.05, 0.1) is 0 Å². The first-order chi connectivity index (χ1) is 12.0. The van der Waals surface area contributed by atoms with Gasteiger partial charge in [-0.2, -0.15) is 0 Å². The molecule has 0 radical (unpaired) electrons. The van der Waals surface area contributed by atoms with E-state index in [1.54, 1.807) is 0 Å². The molecule has 0 aliphatic carbocycles. The maximum absolute atomic E-state index is 12.3. The van der Waals surface area contributed by atoms with Gasteiger partial charge in [-0.1, -0.05) is 67.1 Å². The average molecular weight is 339 g/mol. The van der Waals surface area contributed by atoms with Crippen LogP contribution in [0.15, 0.2) is 54.6 Å². The van der Waals surface area contributed by atoms with E-state index >= 15 is 0 Å². The van der Waals surface area contributed by atoms with Crippen LogP contribution in [-0.4, -0.2) is 23.0 Å². The highest BCUT2D eigenvalue weighted by Crippen LogP contribution is 2.11. The Hall–Kier alpha value is -2.62. The third kappa shape index (κ3) is 6.07. The first kappa shape index (κ1) is 18.7. The van der Waals surface area contributed by atoms with Crippen molar-refractivity contribution in [1.29, 1.82) is 0 Å². The maximum atomic E-state index is 12.3. The summed E-state index contributed by atoms with van der Waals surface area (Å²) in [4.78, 5) is 23.8. The highest BCUT2D eigenvalue weighted by atomic mass is 16.4. The third-order valence-electron chi connectivity index (χ3n) is 4.33. The number of benzene rings is 2. The Kier molecular flexibility index (Phi) is 6.75. The molecule has 25 heavy (non-hydrogen) atoms. The van der Waals surface area contributed by atoms with E-state index in [2.05, 4.69) is 5.32 Å². The quantitative estimate of drug-likeness (QED) is 0.775. The van der Waals surface area contributed by atoms with Crippen LogP contribution in [-0.2, 0) is 22.4 Å². The number of hydrogen-bond donors (Lipinski definition) is 2. The normalized spacial score (nSPS) is 13.0. The molecule has 0 saturated carbocycles. The van der Waals surface area contributed by atoms with Crippen LogP contribution in [0.5, 0.6) is 0 Å². The summed E-state index contributed by atoms with van der Waals surface area (Å²) in [6.45, 7) is 3.82. The number of aliphatic carboxylic acids is 1. The Balaban J connectivity index is 1.90. The second kappa shape index (κ2) is 9.02. The molecule has 2 aromatic rings. The molecule has 0 spiro atoms. The van der Waals surface area contributed by atoms with Crippen molar-refractivity contribution in [3.8, 4) is 0 Å². The predicted molar refractivity (Wildman–Crippen MR) is 98.4 cm³/mol. The minimum atomic E-state index is -1.01. The molecule has 4 heteroatoms. The van der Waals surface area contributed by atoms with Crippen molar-refractivity contribution >= 4 is 11.9 Å². The van der Waals surface area contributed by atoms with Crippen molar-refractivity contribution in [2.45, 2.75) is 39.2 Å². The fourth-order valence-electron chi connectivity index (χ4n) is 2.63. The van der Waals surface area contributed by atoms with Crippen molar-refractivity contribution in [2.24, 2.45) is 5.92 Å². The standard InChI is InChI=1S/C21H25NO3/c1-15-8-11-18(12-9-15)14-19(21(24)25)22-20(23)16(2)10-13-17-6-4-3-5-7-17/h3-9,11-12,16,19H,10,13-14H2,1-2H3,(H,22,23)(H,24,25)/t16-,19+/m1/s1. The highest BCUT2D eigenvalue weighted by Gasteiger charge is 2.23. The molecule has 2 rings (SSSR count). The Morgan fingerprint density at radius 1 is 1.00 bits per heavy atom. The Labute approximate surface area is 148 Å². The van der Waals surface area contributed by atoms with E-state index in [4.69, 9.17) is 0 Å². The fraction of sp³-hybridized carbons (Fsp3) is 0.333. The van der Waals surface area contributed by atoms with Gasteiger partial charge in [-0.05, 0) is 30.9 Å². The number of hydrogen-bond acceptors (Lipinski definition) is 2. The predicted octanol–water partition coefficient (Wildman–Crippen LogP) is 3.38. The molecule has 0 aliphatic rings. The van der Waals surface area contributed by atoms with E-state index in [1.165, 1.54) is 5.56 Å². The largest absolute Gasteiger partial charge is 0.480 e. The second-order valence-corrected chi connectivity index (χ2v) is 6.51. The minimum Gasteiger partial charge on any atom is -0.480 e. The van der Waals surface area contributed by atoms with E-state index in [9.17, 15) is 14.7 Å². The van der Waals surface area contributed by atoms with Crippen LogP contribution in [0.25, 0.3) is 0 Å². The maximum Gasteiger partial charge on any atom is 0.326 e. The van der Waals surface area contributed by atoms with Crippen LogP contribution in [0.3, 0.4) is 0 Å². The summed E-state index contributed by atoms with van der Waals surface area (Å²) in [7, 11) is 0. The number of aryl methyl sites for hydroxylation is 2. The lowest BCUT2D eigenvalue weighted by Gasteiger charge is -2.18. The zero-order valence-corrected chi connectivity index (χ0v) is 14.7. The van der Waals surface area contributed by atoms with Crippen LogP contribution < -0.4 is 5.32 Å². The van der Waals surface area contributed by atoms with Crippen molar-refractivity contribution in [2.75, 3.05) is 0 Å².